The van der Waals surface area contributed by atoms with E-state index in [1.54, 1.807) is 6.20 Å². The summed E-state index contributed by atoms with van der Waals surface area (Å²) >= 11 is 0. The molecule has 0 saturated carbocycles. The highest BCUT2D eigenvalue weighted by Gasteiger charge is 2.28. The van der Waals surface area contributed by atoms with Crippen molar-refractivity contribution in [2.45, 2.75) is 59.1 Å². The van der Waals surface area contributed by atoms with Gasteiger partial charge in [0, 0.05) is 31.0 Å². The number of aromatic nitrogens is 2. The van der Waals surface area contributed by atoms with Crippen LogP contribution in [0, 0.1) is 12.8 Å². The number of carbonyl (C=O) groups excluding carboxylic acids is 1. The van der Waals surface area contributed by atoms with Crippen LogP contribution in [0.25, 0.3) is 0 Å². The van der Waals surface area contributed by atoms with Crippen molar-refractivity contribution in [1.29, 1.82) is 0 Å². The van der Waals surface area contributed by atoms with Crippen LogP contribution in [-0.4, -0.2) is 40.8 Å². The van der Waals surface area contributed by atoms with Crippen molar-refractivity contribution < 1.29 is 9.53 Å². The van der Waals surface area contributed by atoms with E-state index in [9.17, 15) is 4.79 Å². The van der Waals surface area contributed by atoms with Gasteiger partial charge in [0.15, 0.2) is 0 Å². The predicted molar refractivity (Wildman–Crippen MR) is 90.5 cm³/mol. The predicted octanol–water partition coefficient (Wildman–Crippen LogP) is 2.91. The Morgan fingerprint density at radius 3 is 2.87 bits per heavy atom. The lowest BCUT2D eigenvalue weighted by molar-refractivity contribution is 0.0489. The summed E-state index contributed by atoms with van der Waals surface area (Å²) in [5.74, 6) is 1.14. The van der Waals surface area contributed by atoms with Crippen molar-refractivity contribution >= 4 is 12.0 Å². The normalized spacial score (nSPS) is 20.0. The Morgan fingerprint density at radius 1 is 1.48 bits per heavy atom. The molecule has 6 heteroatoms. The first-order chi connectivity index (χ1) is 10.7. The molecule has 1 aromatic rings. The van der Waals surface area contributed by atoms with Crippen molar-refractivity contribution in [2.75, 3.05) is 18.0 Å². The van der Waals surface area contributed by atoms with Gasteiger partial charge in [-0.3, -0.25) is 0 Å². The number of ether oxygens (including phenoxy) is 1. The van der Waals surface area contributed by atoms with Gasteiger partial charge in [-0.2, -0.15) is 0 Å². The fraction of sp³-hybridized carbons (Fsp3) is 0.706. The Labute approximate surface area is 138 Å². The molecule has 23 heavy (non-hydrogen) atoms. The molecule has 2 atom stereocenters. The van der Waals surface area contributed by atoms with Gasteiger partial charge in [0.2, 0.25) is 5.95 Å². The molecule has 0 spiro atoms. The van der Waals surface area contributed by atoms with Crippen LogP contribution in [0.15, 0.2) is 12.3 Å². The number of rotatable bonds is 3. The summed E-state index contributed by atoms with van der Waals surface area (Å²) in [6.07, 6.45) is 3.60. The van der Waals surface area contributed by atoms with Crippen LogP contribution in [0.2, 0.25) is 0 Å². The minimum atomic E-state index is -0.474. The molecule has 1 fully saturated rings. The first kappa shape index (κ1) is 17.5. The summed E-state index contributed by atoms with van der Waals surface area (Å²) < 4.78 is 5.34. The molecule has 1 saturated heterocycles. The average molecular weight is 320 g/mol. The van der Waals surface area contributed by atoms with Crippen LogP contribution in [0.1, 0.15) is 46.2 Å². The molecule has 1 aliphatic heterocycles. The van der Waals surface area contributed by atoms with Crippen molar-refractivity contribution in [2.24, 2.45) is 5.92 Å². The van der Waals surface area contributed by atoms with Crippen molar-refractivity contribution in [1.82, 2.24) is 15.3 Å². The zero-order valence-electron chi connectivity index (χ0n) is 14.8. The number of piperidine rings is 1. The fourth-order valence-electron chi connectivity index (χ4n) is 2.80. The minimum Gasteiger partial charge on any atom is -0.444 e. The first-order valence-electron chi connectivity index (χ1n) is 8.29. The van der Waals surface area contributed by atoms with Crippen LogP contribution < -0.4 is 10.2 Å². The molecule has 0 aromatic carbocycles. The lowest BCUT2D eigenvalue weighted by Crippen LogP contribution is -2.47. The van der Waals surface area contributed by atoms with E-state index in [-0.39, 0.29) is 12.1 Å². The van der Waals surface area contributed by atoms with Gasteiger partial charge in [-0.25, -0.2) is 14.8 Å². The van der Waals surface area contributed by atoms with Gasteiger partial charge >= 0.3 is 6.09 Å². The van der Waals surface area contributed by atoms with E-state index in [1.807, 2.05) is 40.7 Å². The van der Waals surface area contributed by atoms with E-state index in [0.29, 0.717) is 5.92 Å². The number of anilines is 1. The second-order valence-electron chi connectivity index (χ2n) is 7.28. The van der Waals surface area contributed by atoms with Crippen LogP contribution in [-0.2, 0) is 4.74 Å². The third-order valence-corrected chi connectivity index (χ3v) is 3.97. The Morgan fingerprint density at radius 2 is 2.22 bits per heavy atom. The summed E-state index contributed by atoms with van der Waals surface area (Å²) in [5, 5.41) is 2.96. The Hall–Kier alpha value is -1.85. The molecule has 0 radical (unpaired) electrons. The number of hydrogen-bond acceptors (Lipinski definition) is 5. The maximum absolute atomic E-state index is 11.9. The zero-order chi connectivity index (χ0) is 17.0. The van der Waals surface area contributed by atoms with Crippen LogP contribution in [0.4, 0.5) is 10.7 Å². The fourth-order valence-corrected chi connectivity index (χ4v) is 2.80. The highest BCUT2D eigenvalue weighted by molar-refractivity contribution is 5.68. The van der Waals surface area contributed by atoms with Gasteiger partial charge in [0.1, 0.15) is 5.60 Å². The Bertz CT molecular complexity index is 542. The monoisotopic (exact) mass is 320 g/mol. The maximum atomic E-state index is 11.9. The lowest BCUT2D eigenvalue weighted by atomic mass is 9.92. The third kappa shape index (κ3) is 5.37. The number of aryl methyl sites for hydroxylation is 1. The van der Waals surface area contributed by atoms with E-state index in [4.69, 9.17) is 4.74 Å². The van der Waals surface area contributed by atoms with Gasteiger partial charge < -0.3 is 15.0 Å². The van der Waals surface area contributed by atoms with Gasteiger partial charge in [0.05, 0.1) is 0 Å². The zero-order valence-corrected chi connectivity index (χ0v) is 14.8. The first-order valence-corrected chi connectivity index (χ1v) is 8.29. The SMILES string of the molecule is Cc1ccnc(N2CCCC(C(C)NC(=O)OC(C)(C)C)C2)n1. The number of alkyl carbamates (subject to hydrolysis) is 1. The second kappa shape index (κ2) is 7.15. The van der Waals surface area contributed by atoms with E-state index in [1.165, 1.54) is 0 Å². The van der Waals surface area contributed by atoms with Crippen LogP contribution >= 0.6 is 0 Å². The smallest absolute Gasteiger partial charge is 0.407 e. The number of nitrogens with one attached hydrogen (secondary N) is 1. The minimum absolute atomic E-state index is 0.0532. The van der Waals surface area contributed by atoms with E-state index in [0.717, 1.165) is 37.6 Å². The third-order valence-electron chi connectivity index (χ3n) is 3.97. The average Bonchev–Trinajstić information content (AvgIpc) is 2.45. The molecule has 6 nitrogen and oxygen atoms in total. The molecule has 0 bridgehead atoms. The van der Waals surface area contributed by atoms with Crippen LogP contribution in [0.5, 0.6) is 0 Å². The molecule has 2 unspecified atom stereocenters. The highest BCUT2D eigenvalue weighted by atomic mass is 16.6. The second-order valence-corrected chi connectivity index (χ2v) is 7.28. The van der Waals surface area contributed by atoms with Crippen molar-refractivity contribution in [3.63, 3.8) is 0 Å². The van der Waals surface area contributed by atoms with Gasteiger partial charge in [-0.05, 0) is 59.4 Å². The summed E-state index contributed by atoms with van der Waals surface area (Å²) in [7, 11) is 0. The van der Waals surface area contributed by atoms with E-state index in [2.05, 4.69) is 20.2 Å². The topological polar surface area (TPSA) is 67.4 Å². The molecule has 1 aromatic heterocycles. The Kier molecular flexibility index (Phi) is 5.44. The molecule has 2 rings (SSSR count). The van der Waals surface area contributed by atoms with Crippen molar-refractivity contribution in [3.05, 3.63) is 18.0 Å². The Balaban J connectivity index is 1.94. The van der Waals surface area contributed by atoms with Gasteiger partial charge in [0.25, 0.3) is 0 Å². The molecule has 2 heterocycles. The quantitative estimate of drug-likeness (QED) is 0.927. The van der Waals surface area contributed by atoms with Crippen LogP contribution in [0.3, 0.4) is 0 Å². The summed E-state index contributed by atoms with van der Waals surface area (Å²) in [5.41, 5.74) is 0.495. The number of hydrogen-bond donors (Lipinski definition) is 1. The molecule has 1 N–H and O–H groups in total. The van der Waals surface area contributed by atoms with E-state index < -0.39 is 5.60 Å². The van der Waals surface area contributed by atoms with Crippen molar-refractivity contribution in [3.8, 4) is 0 Å². The summed E-state index contributed by atoms with van der Waals surface area (Å²) in [6, 6.07) is 1.95. The number of nitrogens with zero attached hydrogens (tertiary/aromatic N) is 3. The molecule has 1 amide bonds. The molecule has 0 aliphatic carbocycles. The molecular weight excluding hydrogens is 292 g/mol. The standard InChI is InChI=1S/C17H28N4O2/c1-12-8-9-18-15(19-12)21-10-6-7-14(11-21)13(2)20-16(22)23-17(3,4)5/h8-9,13-14H,6-7,10-11H2,1-5H3,(H,20,22). The molecule has 1 aliphatic rings. The van der Waals surface area contributed by atoms with E-state index >= 15 is 0 Å². The lowest BCUT2D eigenvalue weighted by Gasteiger charge is -2.36. The number of amides is 1. The summed E-state index contributed by atoms with van der Waals surface area (Å²) in [6.45, 7) is 11.4. The molecular formula is C17H28N4O2. The largest absolute Gasteiger partial charge is 0.444 e. The van der Waals surface area contributed by atoms with Gasteiger partial charge in [-0.15, -0.1) is 0 Å². The molecule has 128 valence electrons. The maximum Gasteiger partial charge on any atom is 0.407 e. The summed E-state index contributed by atoms with van der Waals surface area (Å²) in [4.78, 5) is 23.0. The highest BCUT2D eigenvalue weighted by Crippen LogP contribution is 2.23. The van der Waals surface area contributed by atoms with Gasteiger partial charge in [-0.1, -0.05) is 0 Å². The number of carbonyl (C=O) groups is 1.